The number of esters is 1. The first-order valence-electron chi connectivity index (χ1n) is 7.31. The average molecular weight is 356 g/mol. The van der Waals surface area contributed by atoms with Crippen molar-refractivity contribution in [2.75, 3.05) is 7.11 Å². The lowest BCUT2D eigenvalue weighted by Crippen LogP contribution is -1.98. The summed E-state index contributed by atoms with van der Waals surface area (Å²) in [7, 11) is 1.31. The molecule has 0 atom stereocenters. The molecule has 4 heterocycles. The third kappa shape index (κ3) is 3.01. The van der Waals surface area contributed by atoms with Gasteiger partial charge in [0, 0.05) is 0 Å². The van der Waals surface area contributed by atoms with Gasteiger partial charge in [0.2, 0.25) is 10.9 Å². The van der Waals surface area contributed by atoms with E-state index in [4.69, 9.17) is 8.83 Å². The Morgan fingerprint density at radius 2 is 2.16 bits per heavy atom. The number of fused-ring (bicyclic) bond motifs is 1. The minimum atomic E-state index is -0.506. The van der Waals surface area contributed by atoms with Gasteiger partial charge in [-0.05, 0) is 36.4 Å². The summed E-state index contributed by atoms with van der Waals surface area (Å²) in [6, 6.07) is 10.6. The summed E-state index contributed by atoms with van der Waals surface area (Å²) in [6.07, 6.45) is 1.60. The second-order valence-corrected chi connectivity index (χ2v) is 5.94. The molecule has 9 heteroatoms. The molecular formula is C16H12N4O4S. The molecule has 0 unspecified atom stereocenters. The Kier molecular flexibility index (Phi) is 3.98. The highest BCUT2D eigenvalue weighted by atomic mass is 32.2. The number of thioether (sulfide) groups is 1. The van der Waals surface area contributed by atoms with Gasteiger partial charge in [-0.1, -0.05) is 11.8 Å². The molecule has 0 aliphatic rings. The summed E-state index contributed by atoms with van der Waals surface area (Å²) in [5.41, 5.74) is 1.32. The average Bonchev–Trinajstić information content (AvgIpc) is 3.38. The van der Waals surface area contributed by atoms with Crippen LogP contribution in [0, 0.1) is 0 Å². The lowest BCUT2D eigenvalue weighted by Gasteiger charge is -2.00. The fraction of sp³-hybridized carbons (Fsp3) is 0.125. The number of carbonyl (C=O) groups is 1. The summed E-state index contributed by atoms with van der Waals surface area (Å²) in [4.78, 5) is 11.4. The molecule has 0 aromatic carbocycles. The molecule has 0 aliphatic heterocycles. The van der Waals surface area contributed by atoms with Gasteiger partial charge in [-0.3, -0.25) is 0 Å². The lowest BCUT2D eigenvalue weighted by molar-refractivity contribution is 0.0563. The predicted octanol–water partition coefficient (Wildman–Crippen LogP) is 3.06. The van der Waals surface area contributed by atoms with E-state index in [9.17, 15) is 4.79 Å². The molecule has 0 fully saturated rings. The lowest BCUT2D eigenvalue weighted by atomic mass is 10.3. The van der Waals surface area contributed by atoms with Gasteiger partial charge in [-0.15, -0.1) is 10.2 Å². The minimum Gasteiger partial charge on any atom is -0.463 e. The topological polar surface area (TPSA) is 95.7 Å². The zero-order chi connectivity index (χ0) is 17.2. The smallest absolute Gasteiger partial charge is 0.373 e. The molecule has 0 aliphatic carbocycles. The van der Waals surface area contributed by atoms with Crippen LogP contribution in [0.5, 0.6) is 0 Å². The van der Waals surface area contributed by atoms with Crippen molar-refractivity contribution in [1.29, 1.82) is 0 Å². The SMILES string of the molecule is COC(=O)c1ccc(CSc2nnc3ccc(-c4ccco4)nn23)o1. The molecule has 0 radical (unpaired) electrons. The van der Waals surface area contributed by atoms with E-state index in [0.717, 1.165) is 0 Å². The molecule has 0 amide bonds. The molecule has 8 nitrogen and oxygen atoms in total. The first kappa shape index (κ1) is 15.5. The number of nitrogens with zero attached hydrogens (tertiary/aromatic N) is 4. The van der Waals surface area contributed by atoms with Gasteiger partial charge in [-0.2, -0.15) is 9.61 Å². The van der Waals surface area contributed by atoms with Gasteiger partial charge in [0.15, 0.2) is 11.4 Å². The van der Waals surface area contributed by atoms with E-state index in [1.807, 2.05) is 18.2 Å². The van der Waals surface area contributed by atoms with Crippen molar-refractivity contribution in [1.82, 2.24) is 19.8 Å². The van der Waals surface area contributed by atoms with E-state index in [1.165, 1.54) is 18.9 Å². The number of ether oxygens (including phenoxy) is 1. The van der Waals surface area contributed by atoms with Crippen LogP contribution >= 0.6 is 11.8 Å². The Bertz CT molecular complexity index is 1020. The largest absolute Gasteiger partial charge is 0.463 e. The predicted molar refractivity (Wildman–Crippen MR) is 88.1 cm³/mol. The van der Waals surface area contributed by atoms with Crippen LogP contribution in [0.25, 0.3) is 17.1 Å². The molecule has 0 saturated heterocycles. The molecule has 0 spiro atoms. The van der Waals surface area contributed by atoms with Gasteiger partial charge < -0.3 is 13.6 Å². The summed E-state index contributed by atoms with van der Waals surface area (Å²) in [5.74, 6) is 1.44. The third-order valence-electron chi connectivity index (χ3n) is 3.40. The van der Waals surface area contributed by atoms with E-state index in [2.05, 4.69) is 20.0 Å². The molecule has 126 valence electrons. The van der Waals surface area contributed by atoms with E-state index in [1.54, 1.807) is 29.0 Å². The van der Waals surface area contributed by atoms with Crippen molar-refractivity contribution >= 4 is 23.4 Å². The molecule has 4 rings (SSSR count). The summed E-state index contributed by atoms with van der Waals surface area (Å²) in [6.45, 7) is 0. The van der Waals surface area contributed by atoms with Crippen molar-refractivity contribution in [3.63, 3.8) is 0 Å². The Morgan fingerprint density at radius 1 is 1.24 bits per heavy atom. The number of carbonyl (C=O) groups excluding carboxylic acids is 1. The van der Waals surface area contributed by atoms with Gasteiger partial charge in [0.1, 0.15) is 11.5 Å². The van der Waals surface area contributed by atoms with Crippen LogP contribution in [0.4, 0.5) is 0 Å². The normalized spacial score (nSPS) is 11.1. The molecular weight excluding hydrogens is 344 g/mol. The van der Waals surface area contributed by atoms with Crippen molar-refractivity contribution in [2.45, 2.75) is 10.9 Å². The highest BCUT2D eigenvalue weighted by Crippen LogP contribution is 2.24. The second-order valence-electron chi connectivity index (χ2n) is 4.99. The zero-order valence-electron chi connectivity index (χ0n) is 13.1. The fourth-order valence-electron chi connectivity index (χ4n) is 2.22. The second kappa shape index (κ2) is 6.44. The van der Waals surface area contributed by atoms with E-state index in [0.29, 0.717) is 33.8 Å². The maximum atomic E-state index is 11.4. The van der Waals surface area contributed by atoms with E-state index >= 15 is 0 Å². The van der Waals surface area contributed by atoms with Gasteiger partial charge >= 0.3 is 5.97 Å². The van der Waals surface area contributed by atoms with Crippen molar-refractivity contribution in [3.05, 3.63) is 54.2 Å². The monoisotopic (exact) mass is 356 g/mol. The Morgan fingerprint density at radius 3 is 2.96 bits per heavy atom. The maximum absolute atomic E-state index is 11.4. The highest BCUT2D eigenvalue weighted by molar-refractivity contribution is 7.98. The zero-order valence-corrected chi connectivity index (χ0v) is 13.9. The van der Waals surface area contributed by atoms with Crippen LogP contribution in [-0.2, 0) is 10.5 Å². The van der Waals surface area contributed by atoms with Gasteiger partial charge in [0.25, 0.3) is 0 Å². The first-order chi connectivity index (χ1) is 12.2. The summed E-state index contributed by atoms with van der Waals surface area (Å²) < 4.78 is 17.1. The number of methoxy groups -OCH3 is 1. The van der Waals surface area contributed by atoms with Crippen LogP contribution in [0.1, 0.15) is 16.3 Å². The number of rotatable bonds is 5. The number of aromatic nitrogens is 4. The van der Waals surface area contributed by atoms with E-state index in [-0.39, 0.29) is 5.76 Å². The molecule has 0 bridgehead atoms. The molecule has 25 heavy (non-hydrogen) atoms. The van der Waals surface area contributed by atoms with Crippen LogP contribution in [0.2, 0.25) is 0 Å². The molecule has 4 aromatic heterocycles. The Hall–Kier alpha value is -3.07. The number of hydrogen-bond donors (Lipinski definition) is 0. The van der Waals surface area contributed by atoms with Crippen LogP contribution in [0.3, 0.4) is 0 Å². The van der Waals surface area contributed by atoms with E-state index < -0.39 is 5.97 Å². The van der Waals surface area contributed by atoms with Crippen LogP contribution < -0.4 is 0 Å². The van der Waals surface area contributed by atoms with Crippen LogP contribution in [-0.4, -0.2) is 32.9 Å². The standard InChI is InChI=1S/C16H12N4O4S/c1-22-15(21)13-6-4-10(24-13)9-25-16-18-17-14-7-5-11(19-20(14)16)12-3-2-8-23-12/h2-8H,9H2,1H3. The Labute approximate surface area is 145 Å². The molecule has 0 N–H and O–H groups in total. The summed E-state index contributed by atoms with van der Waals surface area (Å²) >= 11 is 1.40. The quantitative estimate of drug-likeness (QED) is 0.398. The van der Waals surface area contributed by atoms with Crippen LogP contribution in [0.15, 0.2) is 56.7 Å². The maximum Gasteiger partial charge on any atom is 0.373 e. The Balaban J connectivity index is 1.56. The summed E-state index contributed by atoms with van der Waals surface area (Å²) in [5, 5.41) is 13.4. The van der Waals surface area contributed by atoms with Crippen molar-refractivity contribution in [3.8, 4) is 11.5 Å². The number of hydrogen-bond acceptors (Lipinski definition) is 8. The number of furan rings is 2. The first-order valence-corrected chi connectivity index (χ1v) is 8.29. The fourth-order valence-corrected chi connectivity index (χ4v) is 3.00. The van der Waals surface area contributed by atoms with Gasteiger partial charge in [0.05, 0.1) is 19.1 Å². The molecule has 0 saturated carbocycles. The van der Waals surface area contributed by atoms with Crippen molar-refractivity contribution in [2.24, 2.45) is 0 Å². The van der Waals surface area contributed by atoms with Gasteiger partial charge in [-0.25, -0.2) is 4.79 Å². The van der Waals surface area contributed by atoms with Crippen molar-refractivity contribution < 1.29 is 18.4 Å². The third-order valence-corrected chi connectivity index (χ3v) is 4.34. The highest BCUT2D eigenvalue weighted by Gasteiger charge is 2.14. The molecule has 4 aromatic rings. The minimum absolute atomic E-state index is 0.169.